The Morgan fingerprint density at radius 2 is 1.86 bits per heavy atom. The van der Waals surface area contributed by atoms with Crippen LogP contribution in [0.25, 0.3) is 16.6 Å². The summed E-state index contributed by atoms with van der Waals surface area (Å²) in [5.74, 6) is -1.48. The van der Waals surface area contributed by atoms with Crippen molar-refractivity contribution in [3.63, 3.8) is 0 Å². The number of hydrogen-bond donors (Lipinski definition) is 1. The molecule has 0 fully saturated rings. The van der Waals surface area contributed by atoms with Gasteiger partial charge in [-0.2, -0.15) is 5.10 Å². The number of amides is 1. The van der Waals surface area contributed by atoms with Gasteiger partial charge in [0.2, 0.25) is 0 Å². The Bertz CT molecular complexity index is 1450. The molecule has 0 radical (unpaired) electrons. The lowest BCUT2D eigenvalue weighted by molar-refractivity contribution is 0.0930. The minimum Gasteiger partial charge on any atom is -0.345 e. The van der Waals surface area contributed by atoms with Gasteiger partial charge in [-0.3, -0.25) is 4.79 Å². The largest absolute Gasteiger partial charge is 0.345 e. The lowest BCUT2D eigenvalue weighted by atomic mass is 9.86. The number of nitrogens with zero attached hydrogens (tertiary/aromatic N) is 2. The van der Waals surface area contributed by atoms with E-state index in [1.165, 1.54) is 34.9 Å². The van der Waals surface area contributed by atoms with Crippen LogP contribution in [0.3, 0.4) is 0 Å². The average molecular weight is 488 g/mol. The smallest absolute Gasteiger partial charge is 0.253 e. The molecule has 186 valence electrons. The molecule has 0 saturated carbocycles. The molecule has 0 spiro atoms. The van der Waals surface area contributed by atoms with Crippen molar-refractivity contribution in [3.8, 4) is 11.1 Å². The van der Waals surface area contributed by atoms with E-state index >= 15 is 0 Å². The van der Waals surface area contributed by atoms with Gasteiger partial charge in [0.15, 0.2) is 0 Å². The van der Waals surface area contributed by atoms with E-state index in [4.69, 9.17) is 0 Å². The summed E-state index contributed by atoms with van der Waals surface area (Å²) in [6.45, 7) is 7.88. The molecule has 1 amide bonds. The van der Waals surface area contributed by atoms with Crippen LogP contribution >= 0.6 is 0 Å². The Morgan fingerprint density at radius 3 is 2.56 bits per heavy atom. The van der Waals surface area contributed by atoms with Crippen molar-refractivity contribution in [1.29, 1.82) is 0 Å². The average Bonchev–Trinajstić information content (AvgIpc) is 3.18. The lowest BCUT2D eigenvalue weighted by Gasteiger charge is -2.27. The maximum absolute atomic E-state index is 14.7. The van der Waals surface area contributed by atoms with Crippen LogP contribution in [-0.2, 0) is 12.8 Å². The van der Waals surface area contributed by atoms with Gasteiger partial charge in [0.25, 0.3) is 5.91 Å². The fourth-order valence-electron chi connectivity index (χ4n) is 5.51. The van der Waals surface area contributed by atoms with Crippen LogP contribution in [0.2, 0.25) is 0 Å². The molecule has 5 rings (SSSR count). The van der Waals surface area contributed by atoms with E-state index in [2.05, 4.69) is 35.5 Å². The summed E-state index contributed by atoms with van der Waals surface area (Å²) >= 11 is 0. The first-order chi connectivity index (χ1) is 17.3. The second-order valence-corrected chi connectivity index (χ2v) is 9.95. The van der Waals surface area contributed by atoms with Crippen LogP contribution < -0.4 is 5.32 Å². The molecular formula is C30H31F2N3O. The minimum atomic E-state index is -0.636. The first kappa shape index (κ1) is 24.2. The lowest BCUT2D eigenvalue weighted by Crippen LogP contribution is -2.32. The first-order valence-corrected chi connectivity index (χ1v) is 12.7. The van der Waals surface area contributed by atoms with Crippen molar-refractivity contribution < 1.29 is 13.6 Å². The van der Waals surface area contributed by atoms with Gasteiger partial charge >= 0.3 is 0 Å². The molecule has 6 heteroatoms. The number of halogens is 2. The highest BCUT2D eigenvalue weighted by Crippen LogP contribution is 2.36. The minimum absolute atomic E-state index is 0.0437. The van der Waals surface area contributed by atoms with Gasteiger partial charge in [-0.05, 0) is 79.5 Å². The molecule has 1 aliphatic carbocycles. The summed E-state index contributed by atoms with van der Waals surface area (Å²) in [7, 11) is 0. The predicted molar refractivity (Wildman–Crippen MR) is 138 cm³/mol. The second kappa shape index (κ2) is 9.49. The fraction of sp³-hybridized carbons (Fsp3) is 0.333. The highest BCUT2D eigenvalue weighted by atomic mass is 19.1. The van der Waals surface area contributed by atoms with E-state index in [0.717, 1.165) is 25.7 Å². The van der Waals surface area contributed by atoms with E-state index in [1.54, 1.807) is 23.6 Å². The fourth-order valence-corrected chi connectivity index (χ4v) is 5.51. The third-order valence-electron chi connectivity index (χ3n) is 7.25. The molecule has 0 aliphatic heterocycles. The van der Waals surface area contributed by atoms with E-state index in [0.29, 0.717) is 28.0 Å². The van der Waals surface area contributed by atoms with Crippen molar-refractivity contribution in [2.45, 2.75) is 65.3 Å². The predicted octanol–water partition coefficient (Wildman–Crippen LogP) is 7.08. The highest BCUT2D eigenvalue weighted by molar-refractivity contribution is 5.97. The van der Waals surface area contributed by atoms with Gasteiger partial charge in [-0.15, -0.1) is 0 Å². The summed E-state index contributed by atoms with van der Waals surface area (Å²) in [5.41, 5.74) is 6.44. The van der Waals surface area contributed by atoms with E-state index in [1.807, 2.05) is 13.8 Å². The van der Waals surface area contributed by atoms with Crippen LogP contribution in [0.15, 0.2) is 48.5 Å². The molecule has 2 aromatic carbocycles. The number of fused-ring (bicyclic) bond motifs is 2. The first-order valence-electron chi connectivity index (χ1n) is 12.7. The Labute approximate surface area is 210 Å². The monoisotopic (exact) mass is 487 g/mol. The molecule has 1 N–H and O–H groups in total. The maximum atomic E-state index is 14.7. The van der Waals surface area contributed by atoms with Gasteiger partial charge in [0.1, 0.15) is 11.6 Å². The van der Waals surface area contributed by atoms with Crippen molar-refractivity contribution in [1.82, 2.24) is 14.9 Å². The van der Waals surface area contributed by atoms with Gasteiger partial charge in [0, 0.05) is 5.56 Å². The summed E-state index contributed by atoms with van der Waals surface area (Å²) < 4.78 is 31.0. The standard InChI is InChI=1S/C30H31F2N3O/c1-5-19-12-13-21-20(16-19)8-6-11-25(21)33-30(36)22-14-15-26-27(28-23(31)9-7-10-24(28)32)18(4)34-35(26)29(22)17(2)3/h7,9-10,12-17,25H,5-6,8,11H2,1-4H3,(H,33,36). The molecule has 2 heterocycles. The van der Waals surface area contributed by atoms with Crippen LogP contribution in [0, 0.1) is 18.6 Å². The highest BCUT2D eigenvalue weighted by Gasteiger charge is 2.27. The Kier molecular flexibility index (Phi) is 6.37. The van der Waals surface area contributed by atoms with Gasteiger partial charge in [0.05, 0.1) is 34.1 Å². The third kappa shape index (κ3) is 4.08. The zero-order valence-electron chi connectivity index (χ0n) is 21.2. The molecular weight excluding hydrogens is 456 g/mol. The summed E-state index contributed by atoms with van der Waals surface area (Å²) in [4.78, 5) is 13.6. The summed E-state index contributed by atoms with van der Waals surface area (Å²) in [6, 6.07) is 13.8. The number of aryl methyl sites for hydroxylation is 3. The normalized spacial score (nSPS) is 15.4. The maximum Gasteiger partial charge on any atom is 0.253 e. The zero-order chi connectivity index (χ0) is 25.6. The number of pyridine rings is 1. The number of aromatic nitrogens is 2. The molecule has 1 aliphatic rings. The number of nitrogens with one attached hydrogen (secondary N) is 1. The number of carbonyl (C=O) groups excluding carboxylic acids is 1. The molecule has 2 aromatic heterocycles. The summed E-state index contributed by atoms with van der Waals surface area (Å²) in [6.07, 6.45) is 3.93. The van der Waals surface area contributed by atoms with Gasteiger partial charge in [-0.25, -0.2) is 13.3 Å². The molecule has 4 nitrogen and oxygen atoms in total. The van der Waals surface area contributed by atoms with E-state index in [9.17, 15) is 13.6 Å². The Morgan fingerprint density at radius 1 is 1.11 bits per heavy atom. The van der Waals surface area contributed by atoms with Crippen LogP contribution in [-0.4, -0.2) is 15.5 Å². The molecule has 0 saturated heterocycles. The molecule has 1 atom stereocenters. The molecule has 0 bridgehead atoms. The van der Waals surface area contributed by atoms with E-state index in [-0.39, 0.29) is 23.4 Å². The molecule has 4 aromatic rings. The summed E-state index contributed by atoms with van der Waals surface area (Å²) in [5, 5.41) is 7.90. The number of benzene rings is 2. The molecule has 36 heavy (non-hydrogen) atoms. The van der Waals surface area contributed by atoms with Crippen LogP contribution in [0.4, 0.5) is 8.78 Å². The van der Waals surface area contributed by atoms with Crippen molar-refractivity contribution in [2.75, 3.05) is 0 Å². The zero-order valence-corrected chi connectivity index (χ0v) is 21.2. The Balaban J connectivity index is 1.57. The van der Waals surface area contributed by atoms with Crippen molar-refractivity contribution in [3.05, 3.63) is 93.8 Å². The van der Waals surface area contributed by atoms with Gasteiger partial charge in [-0.1, -0.05) is 45.0 Å². The van der Waals surface area contributed by atoms with Crippen LogP contribution in [0.1, 0.15) is 84.0 Å². The quantitative estimate of drug-likeness (QED) is 0.327. The topological polar surface area (TPSA) is 46.4 Å². The molecule has 1 unspecified atom stereocenters. The van der Waals surface area contributed by atoms with Crippen molar-refractivity contribution in [2.24, 2.45) is 0 Å². The second-order valence-electron chi connectivity index (χ2n) is 9.95. The van der Waals surface area contributed by atoms with Crippen LogP contribution in [0.5, 0.6) is 0 Å². The Hall–Kier alpha value is -3.54. The SMILES string of the molecule is CCc1ccc2c(c1)CCCC2NC(=O)c1ccc2c(-c3c(F)cccc3F)c(C)nn2c1C(C)C. The van der Waals surface area contributed by atoms with E-state index < -0.39 is 11.6 Å². The number of carbonyl (C=O) groups is 1. The van der Waals surface area contributed by atoms with Gasteiger partial charge < -0.3 is 5.32 Å². The number of hydrogen-bond acceptors (Lipinski definition) is 2. The van der Waals surface area contributed by atoms with Crippen molar-refractivity contribution >= 4 is 11.4 Å². The third-order valence-corrected chi connectivity index (χ3v) is 7.25. The number of rotatable bonds is 5.